The third kappa shape index (κ3) is 2.52. The zero-order chi connectivity index (χ0) is 14.8. The maximum atomic E-state index is 10.8. The largest absolute Gasteiger partial charge is 0.384 e. The van der Waals surface area contributed by atoms with Gasteiger partial charge in [0.05, 0.1) is 4.92 Å². The molecule has 0 saturated carbocycles. The molecule has 0 radical (unpaired) electrons. The van der Waals surface area contributed by atoms with E-state index >= 15 is 0 Å². The predicted molar refractivity (Wildman–Crippen MR) is 73.5 cm³/mol. The van der Waals surface area contributed by atoms with Crippen LogP contribution in [0, 0.1) is 10.1 Å². The van der Waals surface area contributed by atoms with Gasteiger partial charge in [-0.1, -0.05) is 12.1 Å². The highest BCUT2D eigenvalue weighted by Crippen LogP contribution is 2.20. The Hall–Kier alpha value is -3.36. The number of nitrogens with zero attached hydrogens (tertiary/aromatic N) is 6. The lowest BCUT2D eigenvalue weighted by atomic mass is 10.2. The number of non-ortho nitro benzene ring substituents is 1. The Kier molecular flexibility index (Phi) is 2.99. The minimum atomic E-state index is -0.471. The number of nitro benzene ring substituents is 1. The Balaban J connectivity index is 1.98. The van der Waals surface area contributed by atoms with Gasteiger partial charge < -0.3 is 5.73 Å². The van der Waals surface area contributed by atoms with Crippen molar-refractivity contribution in [3.8, 4) is 17.3 Å². The van der Waals surface area contributed by atoms with Crippen molar-refractivity contribution in [2.24, 2.45) is 0 Å². The minimum Gasteiger partial charge on any atom is -0.384 e. The van der Waals surface area contributed by atoms with Crippen molar-refractivity contribution in [1.82, 2.24) is 24.7 Å². The summed E-state index contributed by atoms with van der Waals surface area (Å²) in [7, 11) is 0. The third-order valence-electron chi connectivity index (χ3n) is 2.68. The fourth-order valence-corrected chi connectivity index (χ4v) is 1.72. The zero-order valence-corrected chi connectivity index (χ0v) is 10.6. The fourth-order valence-electron chi connectivity index (χ4n) is 1.72. The molecule has 0 amide bonds. The van der Waals surface area contributed by atoms with E-state index in [2.05, 4.69) is 20.1 Å². The van der Waals surface area contributed by atoms with E-state index in [0.29, 0.717) is 17.2 Å². The number of nitrogen functional groups attached to an aromatic ring is 1. The molecule has 2 heterocycles. The van der Waals surface area contributed by atoms with E-state index < -0.39 is 4.92 Å². The Bertz CT molecular complexity index is 815. The van der Waals surface area contributed by atoms with Gasteiger partial charge in [0.1, 0.15) is 12.1 Å². The molecule has 0 saturated heterocycles. The molecule has 0 aliphatic rings. The molecule has 1 aromatic carbocycles. The number of nitro groups is 1. The molecule has 0 aliphatic carbocycles. The smallest absolute Gasteiger partial charge is 0.270 e. The first-order chi connectivity index (χ1) is 10.1. The molecule has 0 aliphatic heterocycles. The van der Waals surface area contributed by atoms with Gasteiger partial charge in [0, 0.05) is 23.9 Å². The third-order valence-corrected chi connectivity index (χ3v) is 2.68. The topological polar surface area (TPSA) is 126 Å². The summed E-state index contributed by atoms with van der Waals surface area (Å²) in [5.41, 5.74) is 6.09. The van der Waals surface area contributed by atoms with Gasteiger partial charge >= 0.3 is 0 Å². The van der Waals surface area contributed by atoms with Crippen LogP contribution in [-0.2, 0) is 0 Å². The van der Waals surface area contributed by atoms with Gasteiger partial charge in [0.25, 0.3) is 11.6 Å². The van der Waals surface area contributed by atoms with Crippen LogP contribution in [0.15, 0.2) is 42.9 Å². The highest BCUT2D eigenvalue weighted by molar-refractivity contribution is 5.58. The Morgan fingerprint density at radius 1 is 1.24 bits per heavy atom. The summed E-state index contributed by atoms with van der Waals surface area (Å²) in [5, 5.41) is 15.0. The van der Waals surface area contributed by atoms with Crippen LogP contribution in [0.25, 0.3) is 17.3 Å². The van der Waals surface area contributed by atoms with E-state index in [0.717, 1.165) is 0 Å². The highest BCUT2D eigenvalue weighted by Gasteiger charge is 2.11. The minimum absolute atomic E-state index is 0.0240. The molecule has 0 bridgehead atoms. The number of hydrogen-bond acceptors (Lipinski definition) is 7. The first kappa shape index (κ1) is 12.7. The maximum Gasteiger partial charge on any atom is 0.270 e. The van der Waals surface area contributed by atoms with E-state index in [1.165, 1.54) is 29.3 Å². The monoisotopic (exact) mass is 283 g/mol. The lowest BCUT2D eigenvalue weighted by molar-refractivity contribution is -0.384. The lowest BCUT2D eigenvalue weighted by Gasteiger charge is -1.98. The standard InChI is InChI=1S/C12H9N7O2/c13-10-4-5-14-12(16-10)18-7-15-11(17-18)8-2-1-3-9(6-8)19(20)21/h1-7H,(H2,13,14,16). The van der Waals surface area contributed by atoms with Crippen LogP contribution >= 0.6 is 0 Å². The van der Waals surface area contributed by atoms with Crippen molar-refractivity contribution in [2.75, 3.05) is 5.73 Å². The van der Waals surface area contributed by atoms with E-state index in [1.54, 1.807) is 18.2 Å². The molecule has 21 heavy (non-hydrogen) atoms. The van der Waals surface area contributed by atoms with Crippen molar-refractivity contribution in [3.05, 3.63) is 53.0 Å². The molecule has 0 fully saturated rings. The number of anilines is 1. The number of rotatable bonds is 3. The van der Waals surface area contributed by atoms with Crippen molar-refractivity contribution in [2.45, 2.75) is 0 Å². The fraction of sp³-hybridized carbons (Fsp3) is 0. The van der Waals surface area contributed by atoms with Crippen LogP contribution in [0.2, 0.25) is 0 Å². The molecular formula is C12H9N7O2. The Morgan fingerprint density at radius 3 is 2.86 bits per heavy atom. The summed E-state index contributed by atoms with van der Waals surface area (Å²) in [5.74, 6) is 0.927. The molecule has 0 atom stereocenters. The SMILES string of the molecule is Nc1ccnc(-n2cnc(-c3cccc([N+](=O)[O-])c3)n2)n1. The first-order valence-corrected chi connectivity index (χ1v) is 5.89. The molecule has 9 nitrogen and oxygen atoms in total. The van der Waals surface area contributed by atoms with E-state index in [-0.39, 0.29) is 11.6 Å². The second-order valence-electron chi connectivity index (χ2n) is 4.10. The average Bonchev–Trinajstić information content (AvgIpc) is 2.97. The van der Waals surface area contributed by atoms with Crippen LogP contribution < -0.4 is 5.73 Å². The zero-order valence-electron chi connectivity index (χ0n) is 10.6. The number of hydrogen-bond donors (Lipinski definition) is 1. The van der Waals surface area contributed by atoms with Crippen molar-refractivity contribution >= 4 is 11.5 Å². The van der Waals surface area contributed by atoms with Gasteiger partial charge in [0.2, 0.25) is 0 Å². The second kappa shape index (κ2) is 4.96. The summed E-state index contributed by atoms with van der Waals surface area (Å²) in [6.07, 6.45) is 2.93. The van der Waals surface area contributed by atoms with Gasteiger partial charge in [-0.15, -0.1) is 5.10 Å². The molecule has 0 unspecified atom stereocenters. The predicted octanol–water partition coefficient (Wildman–Crippen LogP) is 1.21. The molecule has 3 aromatic rings. The van der Waals surface area contributed by atoms with E-state index in [1.807, 2.05) is 0 Å². The maximum absolute atomic E-state index is 10.8. The summed E-state index contributed by atoms with van der Waals surface area (Å²) in [4.78, 5) is 22.4. The highest BCUT2D eigenvalue weighted by atomic mass is 16.6. The van der Waals surface area contributed by atoms with E-state index in [9.17, 15) is 10.1 Å². The second-order valence-corrected chi connectivity index (χ2v) is 4.10. The molecule has 2 N–H and O–H groups in total. The summed E-state index contributed by atoms with van der Waals surface area (Å²) >= 11 is 0. The van der Waals surface area contributed by atoms with Crippen molar-refractivity contribution < 1.29 is 4.92 Å². The van der Waals surface area contributed by atoms with Gasteiger partial charge in [-0.05, 0) is 6.07 Å². The van der Waals surface area contributed by atoms with Gasteiger partial charge in [-0.2, -0.15) is 9.67 Å². The number of aromatic nitrogens is 5. The van der Waals surface area contributed by atoms with Crippen LogP contribution in [0.5, 0.6) is 0 Å². The van der Waals surface area contributed by atoms with Gasteiger partial charge in [-0.25, -0.2) is 9.97 Å². The normalized spacial score (nSPS) is 10.5. The first-order valence-electron chi connectivity index (χ1n) is 5.89. The van der Waals surface area contributed by atoms with Crippen LogP contribution in [0.3, 0.4) is 0 Å². The number of benzene rings is 1. The molecule has 9 heteroatoms. The van der Waals surface area contributed by atoms with Crippen LogP contribution in [-0.4, -0.2) is 29.7 Å². The summed E-state index contributed by atoms with van der Waals surface area (Å²) < 4.78 is 1.35. The Labute approximate surface area is 118 Å². The summed E-state index contributed by atoms with van der Waals surface area (Å²) in [6.45, 7) is 0. The van der Waals surface area contributed by atoms with Gasteiger partial charge in [-0.3, -0.25) is 10.1 Å². The van der Waals surface area contributed by atoms with Crippen LogP contribution in [0.1, 0.15) is 0 Å². The molecular weight excluding hydrogens is 274 g/mol. The molecule has 0 spiro atoms. The summed E-state index contributed by atoms with van der Waals surface area (Å²) in [6, 6.07) is 7.63. The number of nitrogens with two attached hydrogens (primary N) is 1. The van der Waals surface area contributed by atoms with Crippen LogP contribution in [0.4, 0.5) is 11.5 Å². The van der Waals surface area contributed by atoms with Gasteiger partial charge in [0.15, 0.2) is 5.82 Å². The van der Waals surface area contributed by atoms with Crippen molar-refractivity contribution in [3.63, 3.8) is 0 Å². The molecule has 104 valence electrons. The van der Waals surface area contributed by atoms with E-state index in [4.69, 9.17) is 5.73 Å². The Morgan fingerprint density at radius 2 is 2.10 bits per heavy atom. The molecule has 3 rings (SSSR count). The average molecular weight is 283 g/mol. The quantitative estimate of drug-likeness (QED) is 0.565. The van der Waals surface area contributed by atoms with Crippen molar-refractivity contribution in [1.29, 1.82) is 0 Å². The lowest BCUT2D eigenvalue weighted by Crippen LogP contribution is -2.03. The molecule has 2 aromatic heterocycles.